The Kier molecular flexibility index (Phi) is 3.19. The number of hydrogen-bond acceptors (Lipinski definition) is 4. The maximum absolute atomic E-state index is 6.04. The van der Waals surface area contributed by atoms with Gasteiger partial charge >= 0.3 is 0 Å². The Balaban J connectivity index is 2.08. The minimum Gasteiger partial charge on any atom is -0.338 e. The maximum atomic E-state index is 6.04. The SMILES string of the molecule is Clc1ncc(Cl)c(Nc2cccc3cnccc23)n1. The molecule has 4 nitrogen and oxygen atoms in total. The molecule has 0 radical (unpaired) electrons. The van der Waals surface area contributed by atoms with Gasteiger partial charge in [0.2, 0.25) is 5.28 Å². The molecule has 6 heteroatoms. The number of aromatic nitrogens is 3. The van der Waals surface area contributed by atoms with Crippen LogP contribution in [0.1, 0.15) is 0 Å². The van der Waals surface area contributed by atoms with Gasteiger partial charge in [-0.2, -0.15) is 4.98 Å². The molecule has 0 atom stereocenters. The summed E-state index contributed by atoms with van der Waals surface area (Å²) >= 11 is 11.8. The first-order valence-corrected chi connectivity index (χ1v) is 6.27. The van der Waals surface area contributed by atoms with E-state index in [0.717, 1.165) is 16.5 Å². The monoisotopic (exact) mass is 290 g/mol. The molecule has 1 N–H and O–H groups in total. The van der Waals surface area contributed by atoms with Gasteiger partial charge in [0, 0.05) is 28.9 Å². The fourth-order valence-electron chi connectivity index (χ4n) is 1.79. The third-order valence-electron chi connectivity index (χ3n) is 2.65. The van der Waals surface area contributed by atoms with Gasteiger partial charge < -0.3 is 5.32 Å². The van der Waals surface area contributed by atoms with Gasteiger partial charge in [0.1, 0.15) is 5.02 Å². The lowest BCUT2D eigenvalue weighted by Crippen LogP contribution is -1.97. The number of nitrogens with zero attached hydrogens (tertiary/aromatic N) is 3. The predicted molar refractivity (Wildman–Crippen MR) is 77.1 cm³/mol. The van der Waals surface area contributed by atoms with Gasteiger partial charge in [0.15, 0.2) is 5.82 Å². The molecule has 0 aliphatic carbocycles. The molecule has 3 aromatic rings. The zero-order chi connectivity index (χ0) is 13.2. The van der Waals surface area contributed by atoms with Gasteiger partial charge in [-0.3, -0.25) is 4.98 Å². The van der Waals surface area contributed by atoms with Crippen molar-refractivity contribution in [3.8, 4) is 0 Å². The molecular weight excluding hydrogens is 283 g/mol. The molecule has 0 fully saturated rings. The first-order chi connectivity index (χ1) is 9.24. The Hall–Kier alpha value is -1.91. The number of benzene rings is 1. The van der Waals surface area contributed by atoms with Gasteiger partial charge in [-0.25, -0.2) is 4.98 Å². The Morgan fingerprint density at radius 2 is 1.95 bits per heavy atom. The molecule has 0 aliphatic heterocycles. The van der Waals surface area contributed by atoms with E-state index in [-0.39, 0.29) is 5.28 Å². The van der Waals surface area contributed by atoms with Crippen LogP contribution >= 0.6 is 23.2 Å². The topological polar surface area (TPSA) is 50.7 Å². The molecule has 0 spiro atoms. The van der Waals surface area contributed by atoms with E-state index in [2.05, 4.69) is 20.3 Å². The van der Waals surface area contributed by atoms with Crippen LogP contribution in [0.5, 0.6) is 0 Å². The predicted octanol–water partition coefficient (Wildman–Crippen LogP) is 4.08. The maximum Gasteiger partial charge on any atom is 0.224 e. The van der Waals surface area contributed by atoms with E-state index in [0.29, 0.717) is 10.8 Å². The van der Waals surface area contributed by atoms with E-state index >= 15 is 0 Å². The van der Waals surface area contributed by atoms with Crippen LogP contribution in [0.15, 0.2) is 42.9 Å². The van der Waals surface area contributed by atoms with E-state index in [1.165, 1.54) is 6.20 Å². The van der Waals surface area contributed by atoms with Crippen LogP contribution < -0.4 is 5.32 Å². The highest BCUT2D eigenvalue weighted by atomic mass is 35.5. The summed E-state index contributed by atoms with van der Waals surface area (Å²) in [7, 11) is 0. The molecule has 0 amide bonds. The number of fused-ring (bicyclic) bond motifs is 1. The van der Waals surface area contributed by atoms with E-state index in [9.17, 15) is 0 Å². The van der Waals surface area contributed by atoms with Crippen LogP contribution in [0.25, 0.3) is 10.8 Å². The van der Waals surface area contributed by atoms with Crippen molar-refractivity contribution in [2.45, 2.75) is 0 Å². The summed E-state index contributed by atoms with van der Waals surface area (Å²) in [5, 5.41) is 5.78. The Bertz CT molecular complexity index is 740. The minimum absolute atomic E-state index is 0.147. The van der Waals surface area contributed by atoms with Crippen LogP contribution in [-0.2, 0) is 0 Å². The molecule has 3 rings (SSSR count). The highest BCUT2D eigenvalue weighted by Crippen LogP contribution is 2.28. The normalized spacial score (nSPS) is 10.6. The van der Waals surface area contributed by atoms with E-state index < -0.39 is 0 Å². The molecular formula is C13H8Cl2N4. The Labute approximate surface area is 119 Å². The second-order valence-corrected chi connectivity index (χ2v) is 4.61. The first-order valence-electron chi connectivity index (χ1n) is 5.52. The number of hydrogen-bond donors (Lipinski definition) is 1. The number of anilines is 2. The van der Waals surface area contributed by atoms with Crippen molar-refractivity contribution < 1.29 is 0 Å². The highest BCUT2D eigenvalue weighted by molar-refractivity contribution is 6.33. The summed E-state index contributed by atoms with van der Waals surface area (Å²) in [5.74, 6) is 0.478. The third-order valence-corrected chi connectivity index (χ3v) is 3.11. The fourth-order valence-corrected chi connectivity index (χ4v) is 2.06. The fraction of sp³-hybridized carbons (Fsp3) is 0. The minimum atomic E-state index is 0.147. The lowest BCUT2D eigenvalue weighted by atomic mass is 10.1. The lowest BCUT2D eigenvalue weighted by molar-refractivity contribution is 1.17. The van der Waals surface area contributed by atoms with Gasteiger partial charge in [-0.1, -0.05) is 23.7 Å². The molecule has 0 unspecified atom stereocenters. The van der Waals surface area contributed by atoms with Crippen LogP contribution in [-0.4, -0.2) is 15.0 Å². The van der Waals surface area contributed by atoms with Crippen LogP contribution in [0.2, 0.25) is 10.3 Å². The summed E-state index contributed by atoms with van der Waals surface area (Å²) in [6.45, 7) is 0. The van der Waals surface area contributed by atoms with Crippen LogP contribution in [0, 0.1) is 0 Å². The smallest absolute Gasteiger partial charge is 0.224 e. The van der Waals surface area contributed by atoms with Crippen molar-refractivity contribution in [2.24, 2.45) is 0 Å². The summed E-state index contributed by atoms with van der Waals surface area (Å²) in [5.41, 5.74) is 0.886. The summed E-state index contributed by atoms with van der Waals surface area (Å²) in [6, 6.07) is 7.79. The zero-order valence-electron chi connectivity index (χ0n) is 9.64. The number of nitrogens with one attached hydrogen (secondary N) is 1. The zero-order valence-corrected chi connectivity index (χ0v) is 11.2. The van der Waals surface area contributed by atoms with Crippen molar-refractivity contribution in [1.29, 1.82) is 0 Å². The molecule has 94 valence electrons. The Morgan fingerprint density at radius 1 is 1.05 bits per heavy atom. The summed E-state index contributed by atoms with van der Waals surface area (Å²) < 4.78 is 0. The molecule has 19 heavy (non-hydrogen) atoms. The number of rotatable bonds is 2. The average Bonchev–Trinajstić information content (AvgIpc) is 2.43. The number of halogens is 2. The first kappa shape index (κ1) is 12.1. The summed E-state index contributed by atoms with van der Waals surface area (Å²) in [4.78, 5) is 12.0. The van der Waals surface area contributed by atoms with Crippen molar-refractivity contribution in [3.63, 3.8) is 0 Å². The molecule has 0 aliphatic rings. The van der Waals surface area contributed by atoms with Crippen molar-refractivity contribution in [1.82, 2.24) is 15.0 Å². The van der Waals surface area contributed by atoms with Gasteiger partial charge in [-0.15, -0.1) is 0 Å². The van der Waals surface area contributed by atoms with E-state index in [1.807, 2.05) is 24.3 Å². The van der Waals surface area contributed by atoms with Crippen LogP contribution in [0.3, 0.4) is 0 Å². The quantitative estimate of drug-likeness (QED) is 0.723. The molecule has 0 saturated heterocycles. The van der Waals surface area contributed by atoms with Gasteiger partial charge in [0.05, 0.1) is 6.20 Å². The largest absolute Gasteiger partial charge is 0.338 e. The van der Waals surface area contributed by atoms with E-state index in [4.69, 9.17) is 23.2 Å². The average molecular weight is 291 g/mol. The molecule has 1 aromatic carbocycles. The molecule has 2 aromatic heterocycles. The highest BCUT2D eigenvalue weighted by Gasteiger charge is 2.07. The van der Waals surface area contributed by atoms with E-state index in [1.54, 1.807) is 12.4 Å². The second-order valence-electron chi connectivity index (χ2n) is 3.86. The molecule has 0 bridgehead atoms. The third kappa shape index (κ3) is 2.45. The Morgan fingerprint density at radius 3 is 2.84 bits per heavy atom. The second kappa shape index (κ2) is 4.99. The van der Waals surface area contributed by atoms with Crippen molar-refractivity contribution in [3.05, 3.63) is 53.2 Å². The van der Waals surface area contributed by atoms with Gasteiger partial charge in [-0.05, 0) is 23.7 Å². The van der Waals surface area contributed by atoms with Crippen LogP contribution in [0.4, 0.5) is 11.5 Å². The molecule has 0 saturated carbocycles. The standard InChI is InChI=1S/C13H8Cl2N4/c14-10-7-17-13(15)19-12(10)18-11-3-1-2-8-6-16-5-4-9(8)11/h1-7H,(H,17,18,19). The van der Waals surface area contributed by atoms with Crippen molar-refractivity contribution >= 4 is 45.5 Å². The van der Waals surface area contributed by atoms with Gasteiger partial charge in [0.25, 0.3) is 0 Å². The molecule has 2 heterocycles. The number of pyridine rings is 1. The van der Waals surface area contributed by atoms with Crippen molar-refractivity contribution in [2.75, 3.05) is 5.32 Å². The lowest BCUT2D eigenvalue weighted by Gasteiger charge is -2.09. The summed E-state index contributed by atoms with van der Waals surface area (Å²) in [6.07, 6.45) is 5.00.